The maximum Gasteiger partial charge on any atom is 0.302 e. The van der Waals surface area contributed by atoms with Gasteiger partial charge in [-0.15, -0.1) is 0 Å². The lowest BCUT2D eigenvalue weighted by molar-refractivity contribution is -0.136. The molecule has 3 heterocycles. The van der Waals surface area contributed by atoms with Crippen LogP contribution in [0.2, 0.25) is 0 Å². The van der Waals surface area contributed by atoms with E-state index in [1.54, 1.807) is 19.2 Å². The Morgan fingerprint density at radius 1 is 1.26 bits per heavy atom. The Labute approximate surface area is 250 Å². The monoisotopic (exact) mass is 582 g/mol. The molecular weight excluding hydrogens is 547 g/mol. The number of aromatic nitrogens is 2. The number of carbonyl (C=O) groups is 3. The molecule has 1 saturated carbocycles. The van der Waals surface area contributed by atoms with E-state index in [1.165, 1.54) is 22.9 Å². The van der Waals surface area contributed by atoms with Crippen LogP contribution in [0.4, 0.5) is 10.1 Å². The number of nitrogens with zero attached hydrogens (tertiary/aromatic N) is 5. The Morgan fingerprint density at radius 3 is 2.70 bits per heavy atom. The van der Waals surface area contributed by atoms with Crippen molar-refractivity contribution in [3.05, 3.63) is 82.7 Å². The van der Waals surface area contributed by atoms with E-state index in [0.29, 0.717) is 29.3 Å². The molecule has 222 valence electrons. The molecule has 3 amide bonds. The summed E-state index contributed by atoms with van der Waals surface area (Å²) >= 11 is 0. The summed E-state index contributed by atoms with van der Waals surface area (Å²) in [7, 11) is 1.51. The molecule has 1 saturated heterocycles. The third-order valence-corrected chi connectivity index (χ3v) is 9.03. The molecule has 2 aromatic carbocycles. The Bertz CT molecular complexity index is 1670. The van der Waals surface area contributed by atoms with Crippen molar-refractivity contribution in [1.82, 2.24) is 19.6 Å². The molecule has 1 aliphatic carbocycles. The number of likely N-dealkylation sites (N-methyl/N-ethyl adjacent to an activating group) is 1. The zero-order chi connectivity index (χ0) is 30.6. The van der Waals surface area contributed by atoms with Gasteiger partial charge in [0.05, 0.1) is 24.2 Å². The summed E-state index contributed by atoms with van der Waals surface area (Å²) in [5.41, 5.74) is 2.48. The lowest BCUT2D eigenvalue weighted by Crippen LogP contribution is -2.51. The van der Waals surface area contributed by atoms with Crippen molar-refractivity contribution >= 4 is 23.4 Å². The molecule has 3 atom stereocenters. The van der Waals surface area contributed by atoms with Crippen LogP contribution in [-0.2, 0) is 15.0 Å². The summed E-state index contributed by atoms with van der Waals surface area (Å²) in [4.78, 5) is 47.9. The Morgan fingerprint density at radius 2 is 2.00 bits per heavy atom. The molecular formula is C33H35FN6O3. The Balaban J connectivity index is 1.31. The molecule has 6 rings (SSSR count). The second-order valence-corrected chi connectivity index (χ2v) is 12.5. The van der Waals surface area contributed by atoms with Gasteiger partial charge in [0.15, 0.2) is 0 Å². The van der Waals surface area contributed by atoms with Gasteiger partial charge in [0.2, 0.25) is 5.91 Å². The van der Waals surface area contributed by atoms with Crippen LogP contribution in [-0.4, -0.2) is 63.1 Å². The van der Waals surface area contributed by atoms with E-state index < -0.39 is 35.3 Å². The van der Waals surface area contributed by atoms with Crippen LogP contribution >= 0.6 is 0 Å². The lowest BCUT2D eigenvalue weighted by atomic mass is 9.80. The highest BCUT2D eigenvalue weighted by Crippen LogP contribution is 2.47. The number of nitrogens with one attached hydrogen (secondary N) is 1. The number of halogens is 1. The van der Waals surface area contributed by atoms with E-state index in [0.717, 1.165) is 24.0 Å². The van der Waals surface area contributed by atoms with Crippen LogP contribution in [0, 0.1) is 25.2 Å². The summed E-state index contributed by atoms with van der Waals surface area (Å²) in [6, 6.07) is 9.67. The van der Waals surface area contributed by atoms with E-state index in [1.807, 2.05) is 49.0 Å². The van der Waals surface area contributed by atoms with E-state index in [4.69, 9.17) is 6.57 Å². The zero-order valence-electron chi connectivity index (χ0n) is 24.8. The average molecular weight is 583 g/mol. The first kappa shape index (κ1) is 28.6. The smallest absolute Gasteiger partial charge is 0.302 e. The second kappa shape index (κ2) is 10.6. The first-order valence-electron chi connectivity index (χ1n) is 14.7. The molecule has 0 unspecified atom stereocenters. The van der Waals surface area contributed by atoms with Crippen molar-refractivity contribution in [2.24, 2.45) is 5.92 Å². The van der Waals surface area contributed by atoms with Crippen molar-refractivity contribution in [3.8, 4) is 11.1 Å². The predicted molar refractivity (Wildman–Crippen MR) is 159 cm³/mol. The van der Waals surface area contributed by atoms with Crippen molar-refractivity contribution in [1.29, 1.82) is 0 Å². The van der Waals surface area contributed by atoms with E-state index in [2.05, 4.69) is 15.3 Å². The topological polar surface area (TPSA) is 91.9 Å². The second-order valence-electron chi connectivity index (χ2n) is 12.5. The number of para-hydroxylation sites is 1. The number of carbonyl (C=O) groups excluding carboxylic acids is 3. The van der Waals surface area contributed by atoms with Gasteiger partial charge in [-0.3, -0.25) is 28.8 Å². The van der Waals surface area contributed by atoms with Crippen LogP contribution in [0.1, 0.15) is 67.1 Å². The quantitative estimate of drug-likeness (QED) is 0.389. The molecule has 3 aromatic rings. The summed E-state index contributed by atoms with van der Waals surface area (Å²) in [6.45, 7) is 13.6. The number of likely N-dealkylation sites (tertiary alicyclic amines) is 1. The lowest BCUT2D eigenvalue weighted by Gasteiger charge is -2.32. The van der Waals surface area contributed by atoms with Gasteiger partial charge in [0.25, 0.3) is 11.8 Å². The molecule has 3 aliphatic rings. The first-order valence-corrected chi connectivity index (χ1v) is 14.7. The van der Waals surface area contributed by atoms with Gasteiger partial charge in [-0.1, -0.05) is 32.0 Å². The number of hydrogen-bond acceptors (Lipinski definition) is 4. The van der Waals surface area contributed by atoms with Gasteiger partial charge in [-0.25, -0.2) is 11.0 Å². The van der Waals surface area contributed by atoms with Gasteiger partial charge >= 0.3 is 6.17 Å². The van der Waals surface area contributed by atoms with E-state index in [-0.39, 0.29) is 30.4 Å². The van der Waals surface area contributed by atoms with Crippen molar-refractivity contribution in [3.63, 3.8) is 0 Å². The number of benzene rings is 2. The first-order chi connectivity index (χ1) is 20.5. The summed E-state index contributed by atoms with van der Waals surface area (Å²) in [5.74, 6) is -1.92. The fraction of sp³-hybridized carbons (Fsp3) is 0.424. The highest BCUT2D eigenvalue weighted by molar-refractivity contribution is 6.07. The largest absolute Gasteiger partial charge is 0.330 e. The van der Waals surface area contributed by atoms with Gasteiger partial charge < -0.3 is 10.2 Å². The Kier molecular flexibility index (Phi) is 7.07. The van der Waals surface area contributed by atoms with Crippen LogP contribution < -0.4 is 5.32 Å². The molecule has 9 nitrogen and oxygen atoms in total. The van der Waals surface area contributed by atoms with E-state index in [9.17, 15) is 14.4 Å². The number of hydrogen-bond donors (Lipinski definition) is 1. The summed E-state index contributed by atoms with van der Waals surface area (Å²) < 4.78 is 17.3. The van der Waals surface area contributed by atoms with Crippen LogP contribution in [0.15, 0.2) is 48.8 Å². The molecule has 1 spiro atoms. The van der Waals surface area contributed by atoms with Crippen molar-refractivity contribution < 1.29 is 18.8 Å². The molecule has 10 heteroatoms. The van der Waals surface area contributed by atoms with Gasteiger partial charge in [-0.05, 0) is 67.0 Å². The minimum atomic E-state index is -1.03. The zero-order valence-corrected chi connectivity index (χ0v) is 24.8. The molecule has 2 aliphatic heterocycles. The van der Waals surface area contributed by atoms with Crippen LogP contribution in [0.25, 0.3) is 16.0 Å². The minimum Gasteiger partial charge on any atom is -0.330 e. The molecule has 0 bridgehead atoms. The van der Waals surface area contributed by atoms with Crippen LogP contribution in [0.3, 0.4) is 0 Å². The molecule has 0 radical (unpaired) electrons. The van der Waals surface area contributed by atoms with Gasteiger partial charge in [0, 0.05) is 31.0 Å². The third kappa shape index (κ3) is 4.86. The maximum atomic E-state index is 15.4. The number of rotatable bonds is 7. The standard InChI is InChI=1S/C33H35FN6O3/c1-19(2)12-28(31(42)39-18-33(15-29(39)35-4)25-8-6-7-9-27(25)37-32(33)43)38(5)30(41)24-14-23(20(3)13-26(24)34)21-16-36-40(17-21)22-10-11-22/h6-9,13-14,16-17,19,22,28-29H,10-12,15,18H2,1-3,5H3,(H,37,43)/t28-,29-,33-/m0/s1. The van der Waals surface area contributed by atoms with Gasteiger partial charge in [-0.2, -0.15) is 5.10 Å². The predicted octanol–water partition coefficient (Wildman–Crippen LogP) is 5.19. The fourth-order valence-electron chi connectivity index (χ4n) is 6.51. The number of anilines is 1. The van der Waals surface area contributed by atoms with Gasteiger partial charge in [0.1, 0.15) is 17.3 Å². The molecule has 1 aromatic heterocycles. The molecule has 1 N–H and O–H groups in total. The molecule has 2 fully saturated rings. The maximum absolute atomic E-state index is 15.4. The SMILES string of the molecule is [C-]#[N+][C@@H]1C[C@@]2(CN1C(=O)[C@H](CC(C)C)N(C)C(=O)c1cc(-c3cnn(C4CC4)c3)c(C)cc1F)C(=O)Nc1ccccc12. The Hall–Kier alpha value is -4.52. The highest BCUT2D eigenvalue weighted by Gasteiger charge is 2.59. The van der Waals surface area contributed by atoms with Crippen LogP contribution in [0.5, 0.6) is 0 Å². The minimum absolute atomic E-state index is 0.0225. The summed E-state index contributed by atoms with van der Waals surface area (Å²) in [6.07, 6.45) is 5.42. The fourth-order valence-corrected chi connectivity index (χ4v) is 6.51. The molecule has 43 heavy (non-hydrogen) atoms. The van der Waals surface area contributed by atoms with Crippen molar-refractivity contribution in [2.45, 2.75) is 70.1 Å². The number of amides is 3. The van der Waals surface area contributed by atoms with E-state index >= 15 is 4.39 Å². The van der Waals surface area contributed by atoms with Crippen molar-refractivity contribution in [2.75, 3.05) is 18.9 Å². The normalized spacial score (nSPS) is 21.6. The number of fused-ring (bicyclic) bond motifs is 2. The highest BCUT2D eigenvalue weighted by atomic mass is 19.1. The third-order valence-electron chi connectivity index (χ3n) is 9.03. The average Bonchev–Trinajstić information content (AvgIpc) is 3.47. The summed E-state index contributed by atoms with van der Waals surface area (Å²) in [5, 5.41) is 7.35. The number of aryl methyl sites for hydroxylation is 1.